The minimum absolute atomic E-state index is 0.190. The number of halogens is 1. The average molecular weight is 386 g/mol. The lowest BCUT2D eigenvalue weighted by atomic mass is 9.90. The van der Waals surface area contributed by atoms with Crippen LogP contribution in [0.15, 0.2) is 30.6 Å². The number of imidazole rings is 1. The number of hydrogen-bond donors (Lipinski definition) is 1. The van der Waals surface area contributed by atoms with Gasteiger partial charge in [0.1, 0.15) is 10.9 Å². The van der Waals surface area contributed by atoms with Crippen LogP contribution >= 0.6 is 11.6 Å². The second-order valence-electron chi connectivity index (χ2n) is 6.96. The largest absolute Gasteiger partial charge is 0.497 e. The lowest BCUT2D eigenvalue weighted by Crippen LogP contribution is -2.34. The molecule has 1 aromatic carbocycles. The molecule has 0 amide bonds. The van der Waals surface area contributed by atoms with Crippen LogP contribution < -0.4 is 4.74 Å². The number of aromatic nitrogens is 4. The zero-order chi connectivity index (χ0) is 19.0. The fourth-order valence-electron chi connectivity index (χ4n) is 3.90. The van der Waals surface area contributed by atoms with Crippen molar-refractivity contribution in [3.63, 3.8) is 0 Å². The highest BCUT2D eigenvalue weighted by molar-refractivity contribution is 6.30. The maximum Gasteiger partial charge on any atom is 0.131 e. The van der Waals surface area contributed by atoms with Crippen LogP contribution in [-0.2, 0) is 26.6 Å². The Morgan fingerprint density at radius 1 is 1.37 bits per heavy atom. The molecule has 0 spiro atoms. The van der Waals surface area contributed by atoms with E-state index in [1.807, 2.05) is 19.2 Å². The molecule has 0 bridgehead atoms. The Balaban J connectivity index is 1.66. The van der Waals surface area contributed by atoms with Gasteiger partial charge in [-0.05, 0) is 24.1 Å². The molecule has 0 fully saturated rings. The van der Waals surface area contributed by atoms with Crippen molar-refractivity contribution in [2.75, 3.05) is 13.7 Å². The predicted molar refractivity (Wildman–Crippen MR) is 105 cm³/mol. The molecular formula is C20H24ClN5O. The zero-order valence-corrected chi connectivity index (χ0v) is 16.6. The van der Waals surface area contributed by atoms with Gasteiger partial charge in [0.05, 0.1) is 30.5 Å². The van der Waals surface area contributed by atoms with Gasteiger partial charge >= 0.3 is 0 Å². The SMILES string of the molecule is CCc1nn(C)c(Cl)c1CN1Cc2[nH]cnc2C(c2cccc(OC)c2)C1. The molecule has 1 N–H and O–H groups in total. The summed E-state index contributed by atoms with van der Waals surface area (Å²) >= 11 is 6.52. The van der Waals surface area contributed by atoms with E-state index in [0.717, 1.165) is 59.6 Å². The molecule has 1 atom stereocenters. The number of aryl methyl sites for hydroxylation is 2. The molecule has 1 aliphatic heterocycles. The number of methoxy groups -OCH3 is 1. The van der Waals surface area contributed by atoms with E-state index in [4.69, 9.17) is 16.3 Å². The van der Waals surface area contributed by atoms with Crippen molar-refractivity contribution < 1.29 is 4.74 Å². The molecular weight excluding hydrogens is 362 g/mol. The standard InChI is InChI=1S/C20H24ClN5O/c1-4-17-16(20(21)25(2)24-17)10-26-9-15(19-18(11-26)22-12-23-19)13-6-5-7-14(8-13)27-3/h5-8,12,15H,4,9-11H2,1-3H3,(H,22,23). The first kappa shape index (κ1) is 18.1. The van der Waals surface area contributed by atoms with Gasteiger partial charge in [0, 0.05) is 38.2 Å². The smallest absolute Gasteiger partial charge is 0.131 e. The summed E-state index contributed by atoms with van der Waals surface area (Å²) < 4.78 is 7.18. The van der Waals surface area contributed by atoms with Crippen molar-refractivity contribution in [1.82, 2.24) is 24.6 Å². The van der Waals surface area contributed by atoms with E-state index in [1.165, 1.54) is 5.56 Å². The van der Waals surface area contributed by atoms with Crippen LogP contribution in [0.2, 0.25) is 5.15 Å². The van der Waals surface area contributed by atoms with Crippen LogP contribution in [0.4, 0.5) is 0 Å². The number of fused-ring (bicyclic) bond motifs is 1. The molecule has 0 radical (unpaired) electrons. The van der Waals surface area contributed by atoms with Crippen molar-refractivity contribution >= 4 is 11.6 Å². The Bertz CT molecular complexity index is 948. The van der Waals surface area contributed by atoms with Gasteiger partial charge in [-0.25, -0.2) is 4.98 Å². The van der Waals surface area contributed by atoms with Crippen LogP contribution in [0.25, 0.3) is 0 Å². The quantitative estimate of drug-likeness (QED) is 0.730. The highest BCUT2D eigenvalue weighted by Gasteiger charge is 2.30. The third-order valence-corrected chi connectivity index (χ3v) is 5.74. The minimum Gasteiger partial charge on any atom is -0.497 e. The van der Waals surface area contributed by atoms with E-state index in [2.05, 4.69) is 39.0 Å². The summed E-state index contributed by atoms with van der Waals surface area (Å²) in [5.41, 5.74) is 5.67. The summed E-state index contributed by atoms with van der Waals surface area (Å²) in [7, 11) is 3.59. The van der Waals surface area contributed by atoms with Crippen molar-refractivity contribution in [3.8, 4) is 5.75 Å². The van der Waals surface area contributed by atoms with Crippen LogP contribution in [0.5, 0.6) is 5.75 Å². The number of nitrogens with one attached hydrogen (secondary N) is 1. The third kappa shape index (κ3) is 3.35. The molecule has 3 aromatic rings. The highest BCUT2D eigenvalue weighted by atomic mass is 35.5. The average Bonchev–Trinajstić information content (AvgIpc) is 3.27. The van der Waals surface area contributed by atoms with Crippen molar-refractivity contribution in [3.05, 3.63) is 64.0 Å². The van der Waals surface area contributed by atoms with Gasteiger partial charge in [0.25, 0.3) is 0 Å². The van der Waals surface area contributed by atoms with Gasteiger partial charge in [0.15, 0.2) is 0 Å². The van der Waals surface area contributed by atoms with Crippen molar-refractivity contribution in [1.29, 1.82) is 0 Å². The molecule has 0 saturated carbocycles. The number of ether oxygens (including phenoxy) is 1. The van der Waals surface area contributed by atoms with E-state index in [0.29, 0.717) is 0 Å². The first-order valence-electron chi connectivity index (χ1n) is 9.19. The molecule has 6 nitrogen and oxygen atoms in total. The first-order valence-corrected chi connectivity index (χ1v) is 9.57. The molecule has 0 aliphatic carbocycles. The van der Waals surface area contributed by atoms with Crippen LogP contribution in [0.3, 0.4) is 0 Å². The summed E-state index contributed by atoms with van der Waals surface area (Å²) in [6.45, 7) is 4.59. The summed E-state index contributed by atoms with van der Waals surface area (Å²) in [6, 6.07) is 8.25. The third-order valence-electron chi connectivity index (χ3n) is 5.27. The minimum atomic E-state index is 0.190. The first-order chi connectivity index (χ1) is 13.1. The Morgan fingerprint density at radius 2 is 2.22 bits per heavy atom. The van der Waals surface area contributed by atoms with Crippen LogP contribution in [0, 0.1) is 0 Å². The van der Waals surface area contributed by atoms with Gasteiger partial charge in [-0.15, -0.1) is 0 Å². The molecule has 1 aliphatic rings. The molecule has 4 rings (SSSR count). The van der Waals surface area contributed by atoms with E-state index < -0.39 is 0 Å². The molecule has 0 saturated heterocycles. The second-order valence-corrected chi connectivity index (χ2v) is 7.32. The van der Waals surface area contributed by atoms with Crippen molar-refractivity contribution in [2.45, 2.75) is 32.4 Å². The Hall–Kier alpha value is -2.31. The van der Waals surface area contributed by atoms with Crippen LogP contribution in [0.1, 0.15) is 41.1 Å². The molecule has 142 valence electrons. The van der Waals surface area contributed by atoms with E-state index >= 15 is 0 Å². The van der Waals surface area contributed by atoms with Gasteiger partial charge in [-0.2, -0.15) is 5.10 Å². The van der Waals surface area contributed by atoms with E-state index in [1.54, 1.807) is 18.1 Å². The van der Waals surface area contributed by atoms with Gasteiger partial charge in [-0.1, -0.05) is 30.7 Å². The zero-order valence-electron chi connectivity index (χ0n) is 15.9. The summed E-state index contributed by atoms with van der Waals surface area (Å²) in [5.74, 6) is 1.06. The fourth-order valence-corrected chi connectivity index (χ4v) is 4.10. The number of aromatic amines is 1. The van der Waals surface area contributed by atoms with E-state index in [9.17, 15) is 0 Å². The second kappa shape index (κ2) is 7.37. The normalized spacial score (nSPS) is 17.1. The molecule has 2 aromatic heterocycles. The van der Waals surface area contributed by atoms with Gasteiger partial charge in [0.2, 0.25) is 0 Å². The molecule has 1 unspecified atom stereocenters. The number of rotatable bonds is 5. The Morgan fingerprint density at radius 3 is 3.00 bits per heavy atom. The monoisotopic (exact) mass is 385 g/mol. The van der Waals surface area contributed by atoms with Crippen LogP contribution in [-0.4, -0.2) is 38.3 Å². The number of hydrogen-bond acceptors (Lipinski definition) is 4. The topological polar surface area (TPSA) is 59.0 Å². The highest BCUT2D eigenvalue weighted by Crippen LogP contribution is 2.34. The number of H-pyrrole nitrogens is 1. The summed E-state index contributed by atoms with van der Waals surface area (Å²) in [5, 5.41) is 5.27. The predicted octanol–water partition coefficient (Wildman–Crippen LogP) is 3.52. The van der Waals surface area contributed by atoms with Crippen molar-refractivity contribution in [2.24, 2.45) is 7.05 Å². The Kier molecular flexibility index (Phi) is 4.93. The van der Waals surface area contributed by atoms with E-state index in [-0.39, 0.29) is 5.92 Å². The number of benzene rings is 1. The molecule has 7 heteroatoms. The maximum absolute atomic E-state index is 6.52. The Labute approximate surface area is 164 Å². The van der Waals surface area contributed by atoms with Gasteiger partial charge in [-0.3, -0.25) is 9.58 Å². The summed E-state index contributed by atoms with van der Waals surface area (Å²) in [6.07, 6.45) is 2.66. The number of nitrogens with zero attached hydrogens (tertiary/aromatic N) is 4. The molecule has 3 heterocycles. The lowest BCUT2D eigenvalue weighted by molar-refractivity contribution is 0.227. The molecule has 27 heavy (non-hydrogen) atoms. The maximum atomic E-state index is 6.52. The lowest BCUT2D eigenvalue weighted by Gasteiger charge is -2.32. The van der Waals surface area contributed by atoms with Gasteiger partial charge < -0.3 is 9.72 Å². The summed E-state index contributed by atoms with van der Waals surface area (Å²) in [4.78, 5) is 10.3. The fraction of sp³-hybridized carbons (Fsp3) is 0.400.